The lowest BCUT2D eigenvalue weighted by Crippen LogP contribution is -2.26. The molecule has 0 aliphatic heterocycles. The van der Waals surface area contributed by atoms with E-state index < -0.39 is 21.9 Å². The van der Waals surface area contributed by atoms with Crippen molar-refractivity contribution in [2.24, 2.45) is 4.40 Å². The molecule has 1 atom stereocenters. The second kappa shape index (κ2) is 5.51. The molecule has 1 rings (SSSR count). The molecule has 0 spiro atoms. The van der Waals surface area contributed by atoms with E-state index in [2.05, 4.69) is 4.40 Å². The van der Waals surface area contributed by atoms with Gasteiger partial charge in [0.25, 0.3) is 0 Å². The van der Waals surface area contributed by atoms with Crippen molar-refractivity contribution in [2.75, 3.05) is 0 Å². The molecule has 0 saturated heterocycles. The Labute approximate surface area is 110 Å². The molecule has 0 aromatic heterocycles. The summed E-state index contributed by atoms with van der Waals surface area (Å²) >= 11 is -1.40. The number of benzene rings is 1. The second-order valence-electron chi connectivity index (χ2n) is 4.88. The van der Waals surface area contributed by atoms with Crippen LogP contribution in [0.25, 0.3) is 0 Å². The van der Waals surface area contributed by atoms with Gasteiger partial charge in [-0.05, 0) is 45.9 Å². The van der Waals surface area contributed by atoms with Gasteiger partial charge in [0.1, 0.15) is 21.9 Å². The normalized spacial score (nSPS) is 14.2. The molecule has 1 aromatic rings. The lowest BCUT2D eigenvalue weighted by Gasteiger charge is -2.18. The molecule has 0 radical (unpaired) electrons. The number of hydrogen-bond acceptors (Lipinski definition) is 3. The largest absolute Gasteiger partial charge is 0.591 e. The van der Waals surface area contributed by atoms with Crippen LogP contribution in [-0.4, -0.2) is 15.0 Å². The molecular formula is C13H15FN2OS. The summed E-state index contributed by atoms with van der Waals surface area (Å²) in [5, 5.41) is 8.76. The van der Waals surface area contributed by atoms with Gasteiger partial charge in [0, 0.05) is 5.56 Å². The van der Waals surface area contributed by atoms with Gasteiger partial charge in [0.2, 0.25) is 0 Å². The molecule has 0 saturated carbocycles. The molecule has 5 heteroatoms. The summed E-state index contributed by atoms with van der Waals surface area (Å²) in [7, 11) is 0. The number of nitrogens with zero attached hydrogens (tertiary/aromatic N) is 2. The Hall–Kier alpha value is -1.38. The van der Waals surface area contributed by atoms with Crippen LogP contribution in [0.15, 0.2) is 22.6 Å². The van der Waals surface area contributed by atoms with Gasteiger partial charge in [-0.3, -0.25) is 0 Å². The second-order valence-corrected chi connectivity index (χ2v) is 6.78. The molecule has 0 amide bonds. The SMILES string of the molecule is CC(=N[S@+]([O-])C(C)(C)C)c1cc(F)cc(C#N)c1. The van der Waals surface area contributed by atoms with Crippen molar-refractivity contribution in [1.82, 2.24) is 0 Å². The van der Waals surface area contributed by atoms with Gasteiger partial charge in [-0.1, -0.05) is 4.40 Å². The lowest BCUT2D eigenvalue weighted by atomic mass is 10.1. The highest BCUT2D eigenvalue weighted by Crippen LogP contribution is 2.19. The maximum Gasteiger partial charge on any atom is 0.144 e. The molecule has 0 bridgehead atoms. The van der Waals surface area contributed by atoms with E-state index in [-0.39, 0.29) is 5.56 Å². The van der Waals surface area contributed by atoms with E-state index in [1.165, 1.54) is 12.1 Å². The Kier molecular flexibility index (Phi) is 4.49. The molecule has 0 aliphatic rings. The molecule has 0 N–H and O–H groups in total. The number of nitriles is 1. The van der Waals surface area contributed by atoms with Gasteiger partial charge >= 0.3 is 0 Å². The molecule has 0 fully saturated rings. The van der Waals surface area contributed by atoms with Crippen LogP contribution in [0.4, 0.5) is 4.39 Å². The Morgan fingerprint density at radius 2 is 2.00 bits per heavy atom. The van der Waals surface area contributed by atoms with E-state index in [9.17, 15) is 8.94 Å². The molecular weight excluding hydrogens is 251 g/mol. The van der Waals surface area contributed by atoms with E-state index in [4.69, 9.17) is 5.26 Å². The van der Waals surface area contributed by atoms with Crippen LogP contribution in [0.5, 0.6) is 0 Å². The number of rotatable bonds is 2. The average molecular weight is 266 g/mol. The Morgan fingerprint density at radius 1 is 1.39 bits per heavy atom. The predicted octanol–water partition coefficient (Wildman–Crippen LogP) is 2.97. The fourth-order valence-corrected chi connectivity index (χ4v) is 1.81. The topological polar surface area (TPSA) is 59.2 Å². The monoisotopic (exact) mass is 266 g/mol. The Bertz CT molecular complexity index is 515. The molecule has 0 heterocycles. The van der Waals surface area contributed by atoms with Crippen LogP contribution in [0.1, 0.15) is 38.8 Å². The minimum Gasteiger partial charge on any atom is -0.591 e. The fourth-order valence-electron chi connectivity index (χ4n) is 1.18. The minimum absolute atomic E-state index is 0.223. The van der Waals surface area contributed by atoms with E-state index >= 15 is 0 Å². The van der Waals surface area contributed by atoms with Gasteiger partial charge in [-0.25, -0.2) is 4.39 Å². The van der Waals surface area contributed by atoms with Gasteiger partial charge < -0.3 is 4.55 Å². The van der Waals surface area contributed by atoms with Crippen molar-refractivity contribution in [3.05, 3.63) is 35.1 Å². The van der Waals surface area contributed by atoms with Crippen molar-refractivity contribution in [1.29, 1.82) is 5.26 Å². The number of hydrogen-bond donors (Lipinski definition) is 0. The van der Waals surface area contributed by atoms with Crippen molar-refractivity contribution < 1.29 is 8.94 Å². The van der Waals surface area contributed by atoms with Crippen molar-refractivity contribution in [2.45, 2.75) is 32.4 Å². The molecule has 1 aromatic carbocycles. The predicted molar refractivity (Wildman–Crippen MR) is 71.2 cm³/mol. The van der Waals surface area contributed by atoms with Crippen molar-refractivity contribution >= 4 is 17.1 Å². The summed E-state index contributed by atoms with van der Waals surface area (Å²) in [6.07, 6.45) is 0. The third kappa shape index (κ3) is 3.83. The van der Waals surface area contributed by atoms with Gasteiger partial charge in [-0.15, -0.1) is 0 Å². The Balaban J connectivity index is 3.12. The van der Waals surface area contributed by atoms with Gasteiger partial charge in [-0.2, -0.15) is 5.26 Å². The summed E-state index contributed by atoms with van der Waals surface area (Å²) in [5.41, 5.74) is 1.16. The first-order chi connectivity index (χ1) is 8.24. The highest BCUT2D eigenvalue weighted by Gasteiger charge is 2.26. The smallest absolute Gasteiger partial charge is 0.144 e. The van der Waals surface area contributed by atoms with E-state index in [1.54, 1.807) is 6.92 Å². The van der Waals surface area contributed by atoms with E-state index in [0.717, 1.165) is 6.07 Å². The van der Waals surface area contributed by atoms with E-state index in [0.29, 0.717) is 11.3 Å². The molecule has 0 unspecified atom stereocenters. The third-order valence-corrected chi connectivity index (χ3v) is 3.68. The number of halogens is 1. The van der Waals surface area contributed by atoms with Crippen LogP contribution in [-0.2, 0) is 11.4 Å². The first-order valence-electron chi connectivity index (χ1n) is 5.42. The molecule has 0 aliphatic carbocycles. The molecule has 3 nitrogen and oxygen atoms in total. The maximum atomic E-state index is 13.3. The Morgan fingerprint density at radius 3 is 2.50 bits per heavy atom. The molecule has 18 heavy (non-hydrogen) atoms. The summed E-state index contributed by atoms with van der Waals surface area (Å²) < 4.78 is 28.7. The summed E-state index contributed by atoms with van der Waals surface area (Å²) in [6.45, 7) is 7.09. The van der Waals surface area contributed by atoms with Crippen LogP contribution in [0, 0.1) is 17.1 Å². The van der Waals surface area contributed by atoms with Crippen LogP contribution in [0.3, 0.4) is 0 Å². The highest BCUT2D eigenvalue weighted by atomic mass is 32.2. The average Bonchev–Trinajstić information content (AvgIpc) is 2.26. The van der Waals surface area contributed by atoms with Gasteiger partial charge in [0.05, 0.1) is 17.3 Å². The fraction of sp³-hybridized carbons (Fsp3) is 0.385. The zero-order valence-corrected chi connectivity index (χ0v) is 11.6. The molecule has 96 valence electrons. The summed E-state index contributed by atoms with van der Waals surface area (Å²) in [6, 6.07) is 5.83. The standard InChI is InChI=1S/C13H15FN2OS/c1-9(16-18(17)13(2,3)4)11-5-10(8-15)6-12(14)7-11/h5-7H,1-4H3/t18-/m1/s1. The summed E-state index contributed by atoms with van der Waals surface area (Å²) in [5.74, 6) is -0.500. The zero-order chi connectivity index (χ0) is 13.9. The minimum atomic E-state index is -1.40. The van der Waals surface area contributed by atoms with E-state index in [1.807, 2.05) is 26.8 Å². The third-order valence-electron chi connectivity index (χ3n) is 2.19. The maximum absolute atomic E-state index is 13.3. The summed E-state index contributed by atoms with van der Waals surface area (Å²) in [4.78, 5) is 0. The highest BCUT2D eigenvalue weighted by molar-refractivity contribution is 7.91. The van der Waals surface area contributed by atoms with Crippen molar-refractivity contribution in [3.8, 4) is 6.07 Å². The quantitative estimate of drug-likeness (QED) is 0.610. The first-order valence-corrected chi connectivity index (χ1v) is 6.53. The lowest BCUT2D eigenvalue weighted by molar-refractivity contribution is 0.561. The van der Waals surface area contributed by atoms with Crippen molar-refractivity contribution in [3.63, 3.8) is 0 Å². The van der Waals surface area contributed by atoms with Crippen LogP contribution in [0.2, 0.25) is 0 Å². The van der Waals surface area contributed by atoms with Crippen LogP contribution >= 0.6 is 0 Å². The zero-order valence-electron chi connectivity index (χ0n) is 10.8. The van der Waals surface area contributed by atoms with Crippen LogP contribution < -0.4 is 0 Å². The van der Waals surface area contributed by atoms with Gasteiger partial charge in [0.15, 0.2) is 0 Å². The first kappa shape index (κ1) is 14.7.